The molecular weight excluding hydrogens is 256 g/mol. The third-order valence-electron chi connectivity index (χ3n) is 5.78. The smallest absolute Gasteiger partial charge is 0.100 e. The Kier molecular flexibility index (Phi) is 3.52. The molecule has 0 amide bonds. The zero-order chi connectivity index (χ0) is 15.3. The van der Waals surface area contributed by atoms with Gasteiger partial charge in [0.15, 0.2) is 0 Å². The van der Waals surface area contributed by atoms with Crippen LogP contribution in [0.2, 0.25) is 0 Å². The number of fused-ring (bicyclic) bond motifs is 1. The Hall–Kier alpha value is -1.08. The summed E-state index contributed by atoms with van der Waals surface area (Å²) in [5, 5.41) is 0. The average Bonchev–Trinajstić information content (AvgIpc) is 2.76. The van der Waals surface area contributed by atoms with Crippen LogP contribution < -0.4 is 0 Å². The quantitative estimate of drug-likeness (QED) is 0.641. The molecule has 0 unspecified atom stereocenters. The van der Waals surface area contributed by atoms with E-state index in [2.05, 4.69) is 58.5 Å². The van der Waals surface area contributed by atoms with Gasteiger partial charge in [-0.1, -0.05) is 51.6 Å². The molecule has 0 N–H and O–H groups in total. The predicted molar refractivity (Wildman–Crippen MR) is 88.2 cm³/mol. The summed E-state index contributed by atoms with van der Waals surface area (Å²) < 4.78 is 6.39. The number of hydrogen-bond donors (Lipinski definition) is 0. The number of ether oxygens (including phenoxy) is 1. The first-order chi connectivity index (χ1) is 9.84. The Morgan fingerprint density at radius 1 is 1.24 bits per heavy atom. The van der Waals surface area contributed by atoms with Gasteiger partial charge in [0.1, 0.15) is 5.60 Å². The fraction of sp³-hybridized carbons (Fsp3) is 0.600. The molecule has 2 fully saturated rings. The van der Waals surface area contributed by atoms with Crippen molar-refractivity contribution in [1.29, 1.82) is 0 Å². The lowest BCUT2D eigenvalue weighted by molar-refractivity contribution is -0.0719. The minimum atomic E-state index is -0.107. The third kappa shape index (κ3) is 2.36. The van der Waals surface area contributed by atoms with E-state index >= 15 is 0 Å². The second kappa shape index (κ2) is 4.98. The lowest BCUT2D eigenvalue weighted by Crippen LogP contribution is -2.41. The molecule has 21 heavy (non-hydrogen) atoms. The summed E-state index contributed by atoms with van der Waals surface area (Å²) in [4.78, 5) is 0. The van der Waals surface area contributed by atoms with Crippen molar-refractivity contribution in [3.63, 3.8) is 0 Å². The molecule has 0 spiro atoms. The van der Waals surface area contributed by atoms with E-state index in [1.54, 1.807) is 0 Å². The molecule has 1 saturated carbocycles. The van der Waals surface area contributed by atoms with Gasteiger partial charge in [0.05, 0.1) is 6.61 Å². The van der Waals surface area contributed by atoms with Gasteiger partial charge in [-0.05, 0) is 54.2 Å². The highest BCUT2D eigenvalue weighted by Gasteiger charge is 2.52. The molecule has 114 valence electrons. The van der Waals surface area contributed by atoms with E-state index in [9.17, 15) is 0 Å². The number of aryl methyl sites for hydroxylation is 1. The fourth-order valence-corrected chi connectivity index (χ4v) is 4.38. The van der Waals surface area contributed by atoms with Crippen LogP contribution in [0.1, 0.15) is 51.2 Å². The lowest BCUT2D eigenvalue weighted by Gasteiger charge is -2.46. The van der Waals surface area contributed by atoms with E-state index < -0.39 is 0 Å². The molecule has 3 atom stereocenters. The first-order valence-electron chi connectivity index (χ1n) is 8.22. The maximum atomic E-state index is 6.39. The summed E-state index contributed by atoms with van der Waals surface area (Å²) in [5.41, 5.74) is 4.31. The van der Waals surface area contributed by atoms with E-state index in [0.29, 0.717) is 11.3 Å². The number of benzene rings is 1. The van der Waals surface area contributed by atoms with Crippen LogP contribution in [0.4, 0.5) is 0 Å². The van der Waals surface area contributed by atoms with Crippen molar-refractivity contribution in [2.75, 3.05) is 6.61 Å². The molecule has 1 aromatic carbocycles. The zero-order valence-electron chi connectivity index (χ0n) is 13.9. The number of hydrogen-bond acceptors (Lipinski definition) is 1. The molecule has 1 aliphatic heterocycles. The molecular formula is C20H28O. The lowest BCUT2D eigenvalue weighted by atomic mass is 9.61. The Morgan fingerprint density at radius 3 is 2.62 bits per heavy atom. The molecule has 3 rings (SSSR count). The van der Waals surface area contributed by atoms with Crippen molar-refractivity contribution in [3.8, 4) is 0 Å². The first-order valence-corrected chi connectivity index (χ1v) is 8.22. The average molecular weight is 284 g/mol. The van der Waals surface area contributed by atoms with Gasteiger partial charge in [-0.15, -0.1) is 0 Å². The summed E-state index contributed by atoms with van der Waals surface area (Å²) in [6, 6.07) is 8.74. The topological polar surface area (TPSA) is 9.23 Å². The fourth-order valence-electron chi connectivity index (χ4n) is 4.38. The van der Waals surface area contributed by atoms with Gasteiger partial charge in [-0.2, -0.15) is 0 Å². The van der Waals surface area contributed by atoms with Gasteiger partial charge >= 0.3 is 0 Å². The summed E-state index contributed by atoms with van der Waals surface area (Å²) in [7, 11) is 0. The van der Waals surface area contributed by atoms with Crippen molar-refractivity contribution in [1.82, 2.24) is 0 Å². The van der Waals surface area contributed by atoms with Crippen LogP contribution in [0.15, 0.2) is 36.4 Å². The van der Waals surface area contributed by atoms with Crippen LogP contribution in [-0.4, -0.2) is 6.61 Å². The van der Waals surface area contributed by atoms with Crippen LogP contribution in [-0.2, 0) is 10.3 Å². The third-order valence-corrected chi connectivity index (χ3v) is 5.78. The van der Waals surface area contributed by atoms with E-state index in [1.807, 2.05) is 0 Å². The highest BCUT2D eigenvalue weighted by atomic mass is 16.5. The van der Waals surface area contributed by atoms with Crippen molar-refractivity contribution >= 4 is 0 Å². The maximum Gasteiger partial charge on any atom is 0.100 e. The molecule has 1 heteroatoms. The van der Waals surface area contributed by atoms with Crippen LogP contribution in [0.5, 0.6) is 0 Å². The van der Waals surface area contributed by atoms with Gasteiger partial charge in [0.2, 0.25) is 0 Å². The first kappa shape index (κ1) is 14.8. The normalized spacial score (nSPS) is 33.0. The predicted octanol–water partition coefficient (Wildman–Crippen LogP) is 5.24. The monoisotopic (exact) mass is 284 g/mol. The summed E-state index contributed by atoms with van der Waals surface area (Å²) in [5.74, 6) is 1.25. The minimum Gasteiger partial charge on any atom is -0.365 e. The molecule has 1 aliphatic carbocycles. The molecule has 1 saturated heterocycles. The SMILES string of the molecule is C=C1CO[C@@]2(c3ccccc3C)CC[C@@H](C(C)(C)C)C[C@@H]12. The number of rotatable bonds is 1. The molecule has 0 bridgehead atoms. The standard InChI is InChI=1S/C20H28O/c1-14-8-6-7-9-17(14)20-11-10-16(19(3,4)5)12-18(20)15(2)13-21-20/h6-9,16,18H,2,10-13H2,1,3-5H3/t16-,18+,20-/m1/s1. The molecule has 1 nitrogen and oxygen atoms in total. The van der Waals surface area contributed by atoms with E-state index in [4.69, 9.17) is 4.74 Å². The van der Waals surface area contributed by atoms with Crippen molar-refractivity contribution in [3.05, 3.63) is 47.5 Å². The van der Waals surface area contributed by atoms with E-state index in [1.165, 1.54) is 29.5 Å². The Balaban J connectivity index is 1.99. The minimum absolute atomic E-state index is 0.107. The van der Waals surface area contributed by atoms with E-state index in [-0.39, 0.29) is 5.60 Å². The van der Waals surface area contributed by atoms with Crippen LogP contribution >= 0.6 is 0 Å². The van der Waals surface area contributed by atoms with Gasteiger partial charge in [-0.25, -0.2) is 0 Å². The van der Waals surface area contributed by atoms with Crippen molar-refractivity contribution in [2.24, 2.45) is 17.3 Å². The Morgan fingerprint density at radius 2 is 1.95 bits per heavy atom. The largest absolute Gasteiger partial charge is 0.365 e. The molecule has 0 radical (unpaired) electrons. The molecule has 1 aromatic rings. The van der Waals surface area contributed by atoms with Gasteiger partial charge in [-0.3, -0.25) is 0 Å². The van der Waals surface area contributed by atoms with Crippen molar-refractivity contribution < 1.29 is 4.74 Å². The summed E-state index contributed by atoms with van der Waals surface area (Å²) in [6.45, 7) is 14.4. The van der Waals surface area contributed by atoms with Gasteiger partial charge in [0, 0.05) is 5.92 Å². The molecule has 2 aliphatic rings. The second-order valence-electron chi connectivity index (χ2n) is 8.04. The highest BCUT2D eigenvalue weighted by molar-refractivity contribution is 5.37. The maximum absolute atomic E-state index is 6.39. The Labute approximate surface area is 129 Å². The van der Waals surface area contributed by atoms with Gasteiger partial charge in [0.25, 0.3) is 0 Å². The summed E-state index contributed by atoms with van der Waals surface area (Å²) in [6.07, 6.45) is 3.60. The van der Waals surface area contributed by atoms with Gasteiger partial charge < -0.3 is 4.74 Å². The zero-order valence-corrected chi connectivity index (χ0v) is 13.9. The highest BCUT2D eigenvalue weighted by Crippen LogP contribution is 2.56. The van der Waals surface area contributed by atoms with Crippen LogP contribution in [0, 0.1) is 24.2 Å². The second-order valence-corrected chi connectivity index (χ2v) is 8.04. The van der Waals surface area contributed by atoms with Crippen LogP contribution in [0.25, 0.3) is 0 Å². The van der Waals surface area contributed by atoms with E-state index in [0.717, 1.165) is 18.9 Å². The van der Waals surface area contributed by atoms with Crippen molar-refractivity contribution in [2.45, 2.75) is 52.6 Å². The molecule has 0 aromatic heterocycles. The van der Waals surface area contributed by atoms with Crippen LogP contribution in [0.3, 0.4) is 0 Å². The molecule has 1 heterocycles. The Bertz CT molecular complexity index is 551. The summed E-state index contributed by atoms with van der Waals surface area (Å²) >= 11 is 0.